The van der Waals surface area contributed by atoms with Crippen LogP contribution in [0.1, 0.15) is 50.8 Å². The number of aryl methyl sites for hydroxylation is 1. The van der Waals surface area contributed by atoms with Crippen LogP contribution in [0.5, 0.6) is 0 Å². The molecule has 1 aromatic heterocycles. The van der Waals surface area contributed by atoms with E-state index < -0.39 is 6.10 Å². The summed E-state index contributed by atoms with van der Waals surface area (Å²) in [6.07, 6.45) is 7.29. The highest BCUT2D eigenvalue weighted by Gasteiger charge is 2.54. The molecule has 4 unspecified atom stereocenters. The van der Waals surface area contributed by atoms with E-state index in [0.29, 0.717) is 12.5 Å². The Morgan fingerprint density at radius 3 is 3.00 bits per heavy atom. The number of aromatic nitrogens is 2. The predicted molar refractivity (Wildman–Crippen MR) is 74.4 cm³/mol. The summed E-state index contributed by atoms with van der Waals surface area (Å²) in [5, 5.41) is 15.3. The average molecular weight is 263 g/mol. The van der Waals surface area contributed by atoms with Gasteiger partial charge in [0.15, 0.2) is 0 Å². The van der Waals surface area contributed by atoms with Crippen LogP contribution in [0.4, 0.5) is 0 Å². The molecule has 0 radical (unpaired) electrons. The summed E-state index contributed by atoms with van der Waals surface area (Å²) >= 11 is 0. The van der Waals surface area contributed by atoms with Crippen molar-refractivity contribution in [3.63, 3.8) is 0 Å². The minimum atomic E-state index is -0.457. The third-order valence-corrected chi connectivity index (χ3v) is 5.41. The Morgan fingerprint density at radius 2 is 2.42 bits per heavy atom. The van der Waals surface area contributed by atoms with Crippen molar-refractivity contribution in [2.24, 2.45) is 23.0 Å². The van der Waals surface area contributed by atoms with E-state index in [0.717, 1.165) is 31.0 Å². The van der Waals surface area contributed by atoms with Gasteiger partial charge in [0.1, 0.15) is 6.10 Å². The van der Waals surface area contributed by atoms with Gasteiger partial charge in [0.05, 0.1) is 5.69 Å². The zero-order valence-corrected chi connectivity index (χ0v) is 11.8. The minimum absolute atomic E-state index is 0.103. The summed E-state index contributed by atoms with van der Waals surface area (Å²) in [5.41, 5.74) is 6.95. The van der Waals surface area contributed by atoms with Gasteiger partial charge in [0.2, 0.25) is 0 Å². The van der Waals surface area contributed by atoms with E-state index in [9.17, 15) is 5.11 Å². The molecule has 0 aliphatic heterocycles. The van der Waals surface area contributed by atoms with Crippen LogP contribution in [-0.4, -0.2) is 21.4 Å². The first-order valence-corrected chi connectivity index (χ1v) is 7.61. The molecule has 2 saturated carbocycles. The van der Waals surface area contributed by atoms with Crippen molar-refractivity contribution >= 4 is 0 Å². The highest BCUT2D eigenvalue weighted by atomic mass is 16.3. The molecule has 4 atom stereocenters. The molecule has 2 aliphatic rings. The van der Waals surface area contributed by atoms with Crippen molar-refractivity contribution in [2.45, 2.75) is 51.7 Å². The van der Waals surface area contributed by atoms with Gasteiger partial charge >= 0.3 is 0 Å². The smallest absolute Gasteiger partial charge is 0.103 e. The molecule has 0 spiro atoms. The van der Waals surface area contributed by atoms with Crippen molar-refractivity contribution in [3.8, 4) is 0 Å². The lowest BCUT2D eigenvalue weighted by atomic mass is 9.68. The molecule has 4 heteroatoms. The van der Waals surface area contributed by atoms with E-state index in [1.807, 2.05) is 10.7 Å². The number of nitrogens with zero attached hydrogens (tertiary/aromatic N) is 2. The van der Waals surface area contributed by atoms with Gasteiger partial charge in [-0.1, -0.05) is 13.3 Å². The van der Waals surface area contributed by atoms with Gasteiger partial charge in [-0.2, -0.15) is 5.10 Å². The zero-order valence-electron chi connectivity index (χ0n) is 11.8. The molecule has 4 nitrogen and oxygen atoms in total. The molecule has 3 N–H and O–H groups in total. The van der Waals surface area contributed by atoms with Crippen LogP contribution in [0.2, 0.25) is 0 Å². The lowest BCUT2D eigenvalue weighted by Gasteiger charge is -2.41. The monoisotopic (exact) mass is 263 g/mol. The van der Waals surface area contributed by atoms with Gasteiger partial charge in [0.25, 0.3) is 0 Å². The molecule has 19 heavy (non-hydrogen) atoms. The zero-order chi connectivity index (χ0) is 13.5. The fourth-order valence-electron chi connectivity index (χ4n) is 4.45. The fourth-order valence-corrected chi connectivity index (χ4v) is 4.45. The molecular weight excluding hydrogens is 238 g/mol. The van der Waals surface area contributed by atoms with Crippen molar-refractivity contribution in [1.82, 2.24) is 9.78 Å². The third kappa shape index (κ3) is 1.93. The lowest BCUT2D eigenvalue weighted by Crippen LogP contribution is -2.42. The number of hydrogen-bond acceptors (Lipinski definition) is 3. The van der Waals surface area contributed by atoms with Crippen molar-refractivity contribution in [2.75, 3.05) is 6.54 Å². The summed E-state index contributed by atoms with van der Waals surface area (Å²) < 4.78 is 1.95. The maximum absolute atomic E-state index is 10.9. The highest BCUT2D eigenvalue weighted by molar-refractivity contribution is 5.15. The molecule has 1 heterocycles. The van der Waals surface area contributed by atoms with Gasteiger partial charge in [-0.15, -0.1) is 0 Å². The number of hydrogen-bond donors (Lipinski definition) is 2. The van der Waals surface area contributed by atoms with Crippen LogP contribution in [0, 0.1) is 17.3 Å². The largest absolute Gasteiger partial charge is 0.386 e. The topological polar surface area (TPSA) is 64.1 Å². The number of nitrogens with two attached hydrogens (primary N) is 1. The van der Waals surface area contributed by atoms with Crippen LogP contribution in [-0.2, 0) is 6.54 Å². The third-order valence-electron chi connectivity index (χ3n) is 5.41. The van der Waals surface area contributed by atoms with Gasteiger partial charge < -0.3 is 10.8 Å². The summed E-state index contributed by atoms with van der Waals surface area (Å²) in [7, 11) is 0. The Balaban J connectivity index is 1.89. The molecule has 106 valence electrons. The second-order valence-corrected chi connectivity index (χ2v) is 6.40. The normalized spacial score (nSPS) is 34.9. The number of rotatable bonds is 5. The molecule has 0 amide bonds. The van der Waals surface area contributed by atoms with Crippen molar-refractivity contribution in [3.05, 3.63) is 18.0 Å². The maximum Gasteiger partial charge on any atom is 0.103 e. The fraction of sp³-hybridized carbons (Fsp3) is 0.800. The molecule has 1 aromatic rings. The standard InChI is InChI=1S/C15H25N3O/c1-2-7-18-13(5-6-17-18)14(19)15(10-16)9-11-3-4-12(15)8-11/h5-6,11-12,14,19H,2-4,7-10,16H2,1H3. The number of aliphatic hydroxyl groups excluding tert-OH is 1. The Hall–Kier alpha value is -0.870. The van der Waals surface area contributed by atoms with Crippen molar-refractivity contribution < 1.29 is 5.11 Å². The van der Waals surface area contributed by atoms with Crippen molar-refractivity contribution in [1.29, 1.82) is 0 Å². The minimum Gasteiger partial charge on any atom is -0.386 e. The first kappa shape index (κ1) is 13.1. The molecular formula is C15H25N3O. The van der Waals surface area contributed by atoms with E-state index in [1.54, 1.807) is 6.20 Å². The number of aliphatic hydroxyl groups is 1. The van der Waals surface area contributed by atoms with E-state index in [4.69, 9.17) is 5.73 Å². The van der Waals surface area contributed by atoms with E-state index in [-0.39, 0.29) is 5.41 Å². The first-order valence-electron chi connectivity index (χ1n) is 7.61. The van der Waals surface area contributed by atoms with Gasteiger partial charge in [-0.05, 0) is 43.6 Å². The quantitative estimate of drug-likeness (QED) is 0.855. The molecule has 2 fully saturated rings. The van der Waals surface area contributed by atoms with Gasteiger partial charge in [-0.3, -0.25) is 4.68 Å². The molecule has 2 aliphatic carbocycles. The first-order chi connectivity index (χ1) is 9.21. The Kier molecular flexibility index (Phi) is 3.39. The SMILES string of the molecule is CCCn1nccc1C(O)C1(CN)CC2CCC1C2. The Bertz CT molecular complexity index is 444. The van der Waals surface area contributed by atoms with Crippen LogP contribution < -0.4 is 5.73 Å². The molecule has 3 rings (SSSR count). The second-order valence-electron chi connectivity index (χ2n) is 6.40. The molecule has 0 saturated heterocycles. The summed E-state index contributed by atoms with van der Waals surface area (Å²) in [5.74, 6) is 1.38. The van der Waals surface area contributed by atoms with Crippen LogP contribution in [0.25, 0.3) is 0 Å². The summed E-state index contributed by atoms with van der Waals surface area (Å²) in [6, 6.07) is 1.96. The second kappa shape index (κ2) is 4.91. The van der Waals surface area contributed by atoms with Crippen LogP contribution in [0.15, 0.2) is 12.3 Å². The van der Waals surface area contributed by atoms with Gasteiger partial charge in [0, 0.05) is 24.7 Å². The number of fused-ring (bicyclic) bond motifs is 2. The van der Waals surface area contributed by atoms with Crippen LogP contribution >= 0.6 is 0 Å². The lowest BCUT2D eigenvalue weighted by molar-refractivity contribution is -0.0185. The Labute approximate surface area is 115 Å². The maximum atomic E-state index is 10.9. The van der Waals surface area contributed by atoms with E-state index in [1.165, 1.54) is 19.3 Å². The Morgan fingerprint density at radius 1 is 1.58 bits per heavy atom. The van der Waals surface area contributed by atoms with Gasteiger partial charge in [-0.25, -0.2) is 0 Å². The summed E-state index contributed by atoms with van der Waals surface area (Å²) in [4.78, 5) is 0. The van der Waals surface area contributed by atoms with E-state index >= 15 is 0 Å². The van der Waals surface area contributed by atoms with E-state index in [2.05, 4.69) is 12.0 Å². The average Bonchev–Trinajstić information content (AvgIpc) is 3.13. The predicted octanol–water partition coefficient (Wildman–Crippen LogP) is 2.09. The molecule has 2 bridgehead atoms. The molecule has 0 aromatic carbocycles. The highest BCUT2D eigenvalue weighted by Crippen LogP contribution is 2.60. The summed E-state index contributed by atoms with van der Waals surface area (Å²) in [6.45, 7) is 3.59. The van der Waals surface area contributed by atoms with Crippen LogP contribution in [0.3, 0.4) is 0 Å².